The van der Waals surface area contributed by atoms with Crippen LogP contribution in [0.3, 0.4) is 0 Å². The van der Waals surface area contributed by atoms with E-state index in [9.17, 15) is 4.79 Å². The van der Waals surface area contributed by atoms with Gasteiger partial charge in [-0.25, -0.2) is 0 Å². The first-order valence-electron chi connectivity index (χ1n) is 7.09. The van der Waals surface area contributed by atoms with Crippen LogP contribution in [0.25, 0.3) is 0 Å². The van der Waals surface area contributed by atoms with E-state index < -0.39 is 0 Å². The Labute approximate surface area is 120 Å². The molecule has 1 amide bonds. The Bertz CT molecular complexity index is 562. The molecule has 1 aromatic rings. The molecular formula is C17H21NO2. The molecule has 0 aliphatic heterocycles. The van der Waals surface area contributed by atoms with E-state index >= 15 is 0 Å². The van der Waals surface area contributed by atoms with Crippen molar-refractivity contribution in [3.05, 3.63) is 34.9 Å². The second-order valence-corrected chi connectivity index (χ2v) is 5.55. The van der Waals surface area contributed by atoms with Gasteiger partial charge in [0.2, 0.25) is 0 Å². The molecule has 0 aromatic heterocycles. The van der Waals surface area contributed by atoms with Gasteiger partial charge >= 0.3 is 0 Å². The fourth-order valence-corrected chi connectivity index (χ4v) is 2.29. The average Bonchev–Trinajstić information content (AvgIpc) is 3.23. The molecule has 0 saturated heterocycles. The molecule has 1 fully saturated rings. The van der Waals surface area contributed by atoms with E-state index in [-0.39, 0.29) is 12.5 Å². The van der Waals surface area contributed by atoms with Crippen LogP contribution >= 0.6 is 0 Å². The predicted molar refractivity (Wildman–Crippen MR) is 79.4 cm³/mol. The summed E-state index contributed by atoms with van der Waals surface area (Å²) in [7, 11) is 0. The largest absolute Gasteiger partial charge is 0.384 e. The number of aliphatic hydroxyl groups is 1. The number of rotatable bonds is 4. The molecule has 3 nitrogen and oxygen atoms in total. The summed E-state index contributed by atoms with van der Waals surface area (Å²) in [6.07, 6.45) is 3.52. The van der Waals surface area contributed by atoms with E-state index in [1.807, 2.05) is 19.1 Å². The zero-order valence-electron chi connectivity index (χ0n) is 12.1. The standard InChI is InChI=1S/C17H21NO2/c1-3-17(8-9-17)12-18-16(20)15-7-6-13(2)11-14(15)5-4-10-19/h6-7,11,19H,3,8-10,12H2,1-2H3,(H,18,20). The summed E-state index contributed by atoms with van der Waals surface area (Å²) in [6, 6.07) is 5.59. The van der Waals surface area contributed by atoms with Crippen molar-refractivity contribution in [1.82, 2.24) is 5.32 Å². The van der Waals surface area contributed by atoms with E-state index in [4.69, 9.17) is 5.11 Å². The Morgan fingerprint density at radius 3 is 2.80 bits per heavy atom. The molecule has 0 atom stereocenters. The van der Waals surface area contributed by atoms with Crippen LogP contribution < -0.4 is 5.32 Å². The summed E-state index contributed by atoms with van der Waals surface area (Å²) in [4.78, 5) is 12.3. The number of aliphatic hydroxyl groups excluding tert-OH is 1. The van der Waals surface area contributed by atoms with Gasteiger partial charge in [0.1, 0.15) is 6.61 Å². The van der Waals surface area contributed by atoms with E-state index in [0.717, 1.165) is 18.5 Å². The average molecular weight is 271 g/mol. The van der Waals surface area contributed by atoms with E-state index in [1.54, 1.807) is 6.07 Å². The molecule has 0 spiro atoms. The second-order valence-electron chi connectivity index (χ2n) is 5.55. The quantitative estimate of drug-likeness (QED) is 0.825. The number of carbonyl (C=O) groups excluding carboxylic acids is 1. The molecular weight excluding hydrogens is 250 g/mol. The van der Waals surface area contributed by atoms with Crippen LogP contribution in [0.4, 0.5) is 0 Å². The Morgan fingerprint density at radius 2 is 2.20 bits per heavy atom. The SMILES string of the molecule is CCC1(CNC(=O)c2ccc(C)cc2C#CCO)CC1. The lowest BCUT2D eigenvalue weighted by Gasteiger charge is -2.14. The smallest absolute Gasteiger partial charge is 0.252 e. The van der Waals surface area contributed by atoms with Gasteiger partial charge in [0.15, 0.2) is 0 Å². The third kappa shape index (κ3) is 3.40. The molecule has 2 N–H and O–H groups in total. The van der Waals surface area contributed by atoms with Crippen LogP contribution in [0.15, 0.2) is 18.2 Å². The molecule has 1 aromatic carbocycles. The maximum Gasteiger partial charge on any atom is 0.252 e. The third-order valence-electron chi connectivity index (χ3n) is 4.05. The summed E-state index contributed by atoms with van der Waals surface area (Å²) in [5.74, 6) is 5.38. The van der Waals surface area contributed by atoms with Gasteiger partial charge in [0, 0.05) is 12.1 Å². The number of hydrogen-bond acceptors (Lipinski definition) is 2. The van der Waals surface area contributed by atoms with Crippen LogP contribution in [0.5, 0.6) is 0 Å². The monoisotopic (exact) mass is 271 g/mol. The van der Waals surface area contributed by atoms with Crippen LogP contribution in [-0.2, 0) is 0 Å². The van der Waals surface area contributed by atoms with Crippen LogP contribution in [0.2, 0.25) is 0 Å². The molecule has 1 aliphatic carbocycles. The Kier molecular flexibility index (Phi) is 4.46. The first-order valence-corrected chi connectivity index (χ1v) is 7.09. The van der Waals surface area contributed by atoms with Gasteiger partial charge in [-0.15, -0.1) is 0 Å². The summed E-state index contributed by atoms with van der Waals surface area (Å²) in [5.41, 5.74) is 2.65. The minimum Gasteiger partial charge on any atom is -0.384 e. The lowest BCUT2D eigenvalue weighted by Crippen LogP contribution is -2.30. The summed E-state index contributed by atoms with van der Waals surface area (Å²) in [5, 5.41) is 11.8. The minimum atomic E-state index is -0.200. The zero-order valence-corrected chi connectivity index (χ0v) is 12.1. The molecule has 2 rings (SSSR count). The highest BCUT2D eigenvalue weighted by molar-refractivity contribution is 5.96. The predicted octanol–water partition coefficient (Wildman–Crippen LogP) is 2.26. The van der Waals surface area contributed by atoms with Crippen molar-refractivity contribution in [2.75, 3.05) is 13.2 Å². The number of benzene rings is 1. The number of hydrogen-bond donors (Lipinski definition) is 2. The van der Waals surface area contributed by atoms with Crippen LogP contribution in [0, 0.1) is 24.2 Å². The topological polar surface area (TPSA) is 49.3 Å². The molecule has 0 bridgehead atoms. The number of carbonyl (C=O) groups is 1. The Morgan fingerprint density at radius 1 is 1.45 bits per heavy atom. The van der Waals surface area contributed by atoms with Crippen molar-refractivity contribution in [2.45, 2.75) is 33.1 Å². The fraction of sp³-hybridized carbons (Fsp3) is 0.471. The zero-order chi connectivity index (χ0) is 14.6. The third-order valence-corrected chi connectivity index (χ3v) is 4.05. The van der Waals surface area contributed by atoms with Gasteiger partial charge in [-0.3, -0.25) is 4.79 Å². The summed E-state index contributed by atoms with van der Waals surface area (Å²) in [6.45, 7) is 4.67. The van der Waals surface area contributed by atoms with E-state index in [2.05, 4.69) is 24.1 Å². The molecule has 0 unspecified atom stereocenters. The van der Waals surface area contributed by atoms with Gasteiger partial charge in [-0.1, -0.05) is 24.8 Å². The molecule has 1 saturated carbocycles. The Hall–Kier alpha value is -1.79. The van der Waals surface area contributed by atoms with Crippen molar-refractivity contribution in [2.24, 2.45) is 5.41 Å². The molecule has 1 aliphatic rings. The van der Waals surface area contributed by atoms with Crippen molar-refractivity contribution < 1.29 is 9.90 Å². The van der Waals surface area contributed by atoms with Crippen molar-refractivity contribution in [3.63, 3.8) is 0 Å². The molecule has 0 heterocycles. The Balaban J connectivity index is 2.12. The molecule has 106 valence electrons. The fourth-order valence-electron chi connectivity index (χ4n) is 2.29. The summed E-state index contributed by atoms with van der Waals surface area (Å²) < 4.78 is 0. The van der Waals surface area contributed by atoms with E-state index in [1.165, 1.54) is 12.8 Å². The van der Waals surface area contributed by atoms with Crippen molar-refractivity contribution in [1.29, 1.82) is 0 Å². The highest BCUT2D eigenvalue weighted by Gasteiger charge is 2.40. The molecule has 0 radical (unpaired) electrons. The van der Waals surface area contributed by atoms with Crippen LogP contribution in [0.1, 0.15) is 47.7 Å². The highest BCUT2D eigenvalue weighted by Crippen LogP contribution is 2.47. The highest BCUT2D eigenvalue weighted by atomic mass is 16.2. The van der Waals surface area contributed by atoms with Crippen LogP contribution in [-0.4, -0.2) is 24.2 Å². The normalized spacial score (nSPS) is 15.2. The maximum atomic E-state index is 12.3. The number of aryl methyl sites for hydroxylation is 1. The van der Waals surface area contributed by atoms with Crippen molar-refractivity contribution >= 4 is 5.91 Å². The van der Waals surface area contributed by atoms with Gasteiger partial charge < -0.3 is 10.4 Å². The number of amides is 1. The first-order chi connectivity index (χ1) is 9.60. The van der Waals surface area contributed by atoms with E-state index in [0.29, 0.717) is 16.5 Å². The minimum absolute atomic E-state index is 0.0769. The first kappa shape index (κ1) is 14.6. The second kappa shape index (κ2) is 6.11. The lowest BCUT2D eigenvalue weighted by molar-refractivity contribution is 0.0944. The molecule has 3 heteroatoms. The molecule has 20 heavy (non-hydrogen) atoms. The number of nitrogens with one attached hydrogen (secondary N) is 1. The van der Waals surface area contributed by atoms with Gasteiger partial charge in [-0.05, 0) is 49.3 Å². The van der Waals surface area contributed by atoms with Crippen molar-refractivity contribution in [3.8, 4) is 11.8 Å². The lowest BCUT2D eigenvalue weighted by atomic mass is 10.0. The van der Waals surface area contributed by atoms with Gasteiger partial charge in [0.25, 0.3) is 5.91 Å². The van der Waals surface area contributed by atoms with Gasteiger partial charge in [-0.2, -0.15) is 0 Å². The maximum absolute atomic E-state index is 12.3. The van der Waals surface area contributed by atoms with Gasteiger partial charge in [0.05, 0.1) is 5.56 Å². The summed E-state index contributed by atoms with van der Waals surface area (Å²) >= 11 is 0.